The Morgan fingerprint density at radius 2 is 1.82 bits per heavy atom. The molecule has 0 aliphatic rings. The molecule has 1 amide bonds. The number of carbonyl (C=O) groups excluding carboxylic acids is 1. The van der Waals surface area contributed by atoms with Gasteiger partial charge in [0, 0.05) is 0 Å². The van der Waals surface area contributed by atoms with Crippen LogP contribution in [0.4, 0.5) is 11.6 Å². The first-order valence-corrected chi connectivity index (χ1v) is 10.7. The molecule has 2 aromatic heterocycles. The van der Waals surface area contributed by atoms with Gasteiger partial charge in [0.1, 0.15) is 12.3 Å². The van der Waals surface area contributed by atoms with Gasteiger partial charge in [-0.1, -0.05) is 23.7 Å². The summed E-state index contributed by atoms with van der Waals surface area (Å²) < 4.78 is 9.47. The molecule has 0 bridgehead atoms. The Kier molecular flexibility index (Phi) is 6.06. The van der Waals surface area contributed by atoms with Crippen LogP contribution in [0.25, 0.3) is 22.2 Å². The van der Waals surface area contributed by atoms with Crippen molar-refractivity contribution in [3.63, 3.8) is 0 Å². The van der Waals surface area contributed by atoms with Crippen LogP contribution in [0, 0.1) is 0 Å². The van der Waals surface area contributed by atoms with Gasteiger partial charge in [-0.05, 0) is 48.4 Å². The number of amides is 1. The van der Waals surface area contributed by atoms with Crippen LogP contribution >= 0.6 is 11.6 Å². The molecule has 9 nitrogen and oxygen atoms in total. The Balaban J connectivity index is 1.65. The van der Waals surface area contributed by atoms with Crippen LogP contribution in [0.3, 0.4) is 0 Å². The summed E-state index contributed by atoms with van der Waals surface area (Å²) in [6, 6.07) is 14.3. The van der Waals surface area contributed by atoms with Gasteiger partial charge in [0.15, 0.2) is 33.5 Å². The van der Waals surface area contributed by atoms with E-state index in [2.05, 4.69) is 49.5 Å². The van der Waals surface area contributed by atoms with E-state index in [9.17, 15) is 4.79 Å². The molecule has 10 heteroatoms. The van der Waals surface area contributed by atoms with E-state index in [1.807, 2.05) is 31.3 Å². The Bertz CT molecular complexity index is 1350. The number of aryl methyl sites for hydroxylation is 2. The predicted octanol–water partition coefficient (Wildman–Crippen LogP) is 2.70. The lowest BCUT2D eigenvalue weighted by Gasteiger charge is -2.07. The molecule has 0 aliphatic carbocycles. The van der Waals surface area contributed by atoms with Crippen molar-refractivity contribution in [1.82, 2.24) is 19.9 Å². The molecule has 170 valence electrons. The number of anilines is 2. The summed E-state index contributed by atoms with van der Waals surface area (Å²) in [7, 11) is 3.62. The average molecular weight is 467 g/mol. The number of nitrogen functional groups attached to an aromatic ring is 2. The number of nitrogens with zero attached hydrogens (tertiary/aromatic N) is 4. The second-order valence-electron chi connectivity index (χ2n) is 7.47. The minimum absolute atomic E-state index is 0.0177. The van der Waals surface area contributed by atoms with Gasteiger partial charge < -0.3 is 21.5 Å². The van der Waals surface area contributed by atoms with Crippen molar-refractivity contribution in [3.05, 3.63) is 59.1 Å². The van der Waals surface area contributed by atoms with E-state index in [0.717, 1.165) is 40.3 Å². The van der Waals surface area contributed by atoms with Crippen molar-refractivity contribution < 1.29 is 14.1 Å². The van der Waals surface area contributed by atoms with E-state index < -0.39 is 5.91 Å². The number of imidazole rings is 1. The highest BCUT2D eigenvalue weighted by Gasteiger charge is 2.24. The van der Waals surface area contributed by atoms with Gasteiger partial charge in [0.25, 0.3) is 11.7 Å². The predicted molar refractivity (Wildman–Crippen MR) is 128 cm³/mol. The molecule has 2 aromatic carbocycles. The molecular weight excluding hydrogens is 442 g/mol. The van der Waals surface area contributed by atoms with Crippen molar-refractivity contribution in [2.24, 2.45) is 7.05 Å². The first-order chi connectivity index (χ1) is 15.8. The van der Waals surface area contributed by atoms with Crippen LogP contribution < -0.4 is 26.1 Å². The largest absolute Gasteiger partial charge is 0.497 e. The molecule has 0 aliphatic heterocycles. The number of benzene rings is 2. The van der Waals surface area contributed by atoms with Crippen LogP contribution in [0.5, 0.6) is 5.75 Å². The third kappa shape index (κ3) is 4.14. The van der Waals surface area contributed by atoms with Crippen LogP contribution in [-0.4, -0.2) is 27.6 Å². The number of aromatic nitrogens is 4. The Morgan fingerprint density at radius 1 is 1.12 bits per heavy atom. The minimum atomic E-state index is -0.478. The fourth-order valence-corrected chi connectivity index (χ4v) is 3.99. The van der Waals surface area contributed by atoms with Crippen LogP contribution in [0.2, 0.25) is 5.15 Å². The maximum Gasteiger partial charge on any atom is 0.276 e. The van der Waals surface area contributed by atoms with Crippen molar-refractivity contribution in [2.45, 2.75) is 20.0 Å². The summed E-state index contributed by atoms with van der Waals surface area (Å²) in [4.78, 5) is 20.5. The second-order valence-corrected chi connectivity index (χ2v) is 7.83. The van der Waals surface area contributed by atoms with E-state index in [1.54, 1.807) is 7.11 Å². The van der Waals surface area contributed by atoms with Gasteiger partial charge in [-0.25, -0.2) is 19.1 Å². The summed E-state index contributed by atoms with van der Waals surface area (Å²) in [5.41, 5.74) is 15.6. The third-order valence-corrected chi connectivity index (χ3v) is 5.87. The van der Waals surface area contributed by atoms with E-state index >= 15 is 0 Å². The summed E-state index contributed by atoms with van der Waals surface area (Å²) in [6.45, 7) is 3.05. The van der Waals surface area contributed by atoms with Crippen molar-refractivity contribution in [1.29, 1.82) is 0 Å². The minimum Gasteiger partial charge on any atom is -0.497 e. The number of rotatable bonds is 6. The lowest BCUT2D eigenvalue weighted by atomic mass is 10.0. The Morgan fingerprint density at radius 3 is 2.48 bits per heavy atom. The highest BCUT2D eigenvalue weighted by atomic mass is 35.5. The molecule has 33 heavy (non-hydrogen) atoms. The lowest BCUT2D eigenvalue weighted by Crippen LogP contribution is -2.38. The van der Waals surface area contributed by atoms with Crippen LogP contribution in [-0.2, 0) is 20.1 Å². The third-order valence-electron chi connectivity index (χ3n) is 5.59. The fraction of sp³-hybridized carbons (Fsp3) is 0.217. The molecule has 5 N–H and O–H groups in total. The number of hydrogen-bond donors (Lipinski definition) is 3. The second kappa shape index (κ2) is 8.95. The number of hydrogen-bond acceptors (Lipinski definition) is 6. The van der Waals surface area contributed by atoms with E-state index in [4.69, 9.17) is 27.8 Å². The zero-order chi connectivity index (χ0) is 23.7. The van der Waals surface area contributed by atoms with Crippen molar-refractivity contribution >= 4 is 40.2 Å². The zero-order valence-corrected chi connectivity index (χ0v) is 19.3. The van der Waals surface area contributed by atoms with E-state index in [-0.39, 0.29) is 29.0 Å². The highest BCUT2D eigenvalue weighted by Crippen LogP contribution is 2.26. The standard InChI is InChI=1S/C23H24ClN7O2/c1-4-31-17-11-14(13-5-8-15(33-3)9-6-13)7-10-16(17)30(2)18(31)12-27-23(32)19-21(25)29-22(26)20(24)28-19/h5-11H,4,12H2,1-3H3,(H4-,25,26,27,29,32)/p+1. The van der Waals surface area contributed by atoms with Crippen molar-refractivity contribution in [3.8, 4) is 16.9 Å². The molecular formula is C23H25ClN7O2+. The number of ether oxygens (including phenoxy) is 1. The first kappa shape index (κ1) is 22.3. The first-order valence-electron chi connectivity index (χ1n) is 10.4. The Labute approximate surface area is 196 Å². The number of carbonyl (C=O) groups is 1. The molecule has 0 saturated heterocycles. The molecule has 2 heterocycles. The monoisotopic (exact) mass is 466 g/mol. The summed E-state index contributed by atoms with van der Waals surface area (Å²) in [5, 5.41) is 2.80. The summed E-state index contributed by atoms with van der Waals surface area (Å²) in [5.74, 6) is 1.17. The number of methoxy groups -OCH3 is 1. The van der Waals surface area contributed by atoms with Gasteiger partial charge in [0.2, 0.25) is 0 Å². The SMILES string of the molecule is CCn1c(CNC(=O)c2nc(Cl)c(N)nc2N)[n+](C)c2ccc(-c3ccc(OC)cc3)cc21. The number of nitrogens with two attached hydrogens (primary N) is 2. The molecule has 0 fully saturated rings. The molecule has 0 saturated carbocycles. The van der Waals surface area contributed by atoms with Gasteiger partial charge in [-0.3, -0.25) is 4.79 Å². The highest BCUT2D eigenvalue weighted by molar-refractivity contribution is 6.31. The van der Waals surface area contributed by atoms with Gasteiger partial charge in [-0.2, -0.15) is 0 Å². The van der Waals surface area contributed by atoms with Gasteiger partial charge >= 0.3 is 0 Å². The van der Waals surface area contributed by atoms with Crippen LogP contribution in [0.1, 0.15) is 23.2 Å². The molecule has 0 spiro atoms. The lowest BCUT2D eigenvalue weighted by molar-refractivity contribution is -0.654. The smallest absolute Gasteiger partial charge is 0.276 e. The molecule has 0 radical (unpaired) electrons. The molecule has 0 unspecified atom stereocenters. The summed E-state index contributed by atoms with van der Waals surface area (Å²) in [6.07, 6.45) is 0. The number of halogens is 1. The molecule has 4 rings (SSSR count). The van der Waals surface area contributed by atoms with Crippen LogP contribution in [0.15, 0.2) is 42.5 Å². The van der Waals surface area contributed by atoms with E-state index in [0.29, 0.717) is 0 Å². The fourth-order valence-electron chi connectivity index (χ4n) is 3.86. The Hall–Kier alpha value is -3.85. The quantitative estimate of drug-likeness (QED) is 0.375. The van der Waals surface area contributed by atoms with Gasteiger partial charge in [0.05, 0.1) is 20.7 Å². The summed E-state index contributed by atoms with van der Waals surface area (Å²) >= 11 is 5.91. The maximum atomic E-state index is 12.7. The normalized spacial score (nSPS) is 11.0. The van der Waals surface area contributed by atoms with E-state index in [1.165, 1.54) is 0 Å². The maximum absolute atomic E-state index is 12.7. The molecule has 4 aromatic rings. The van der Waals surface area contributed by atoms with Crippen molar-refractivity contribution in [2.75, 3.05) is 18.6 Å². The topological polar surface area (TPSA) is 125 Å². The number of nitrogens with one attached hydrogen (secondary N) is 1. The molecule has 0 atom stereocenters. The zero-order valence-electron chi connectivity index (χ0n) is 18.6. The average Bonchev–Trinajstić information content (AvgIpc) is 3.10. The number of fused-ring (bicyclic) bond motifs is 1. The van der Waals surface area contributed by atoms with Gasteiger partial charge in [-0.15, -0.1) is 0 Å².